The number of phosphoric acid groups is 2. The van der Waals surface area contributed by atoms with Crippen molar-refractivity contribution in [2.45, 2.75) is 173 Å². The van der Waals surface area contributed by atoms with Gasteiger partial charge < -0.3 is 44.6 Å². The number of carbonyl (C=O) groups excluding carboxylic acids is 2. The van der Waals surface area contributed by atoms with E-state index in [1.54, 1.807) is 42.5 Å². The van der Waals surface area contributed by atoms with Gasteiger partial charge in [-0.05, 0) is 38.0 Å². The Morgan fingerprint density at radius 2 is 1.10 bits per heavy atom. The van der Waals surface area contributed by atoms with E-state index in [0.717, 1.165) is 38.0 Å². The van der Waals surface area contributed by atoms with Gasteiger partial charge in [0.15, 0.2) is 6.10 Å². The summed E-state index contributed by atoms with van der Waals surface area (Å²) in [5.41, 5.74) is 0. The molecular formula is C44H78O16P2. The molecule has 0 heterocycles. The maximum atomic E-state index is 12.7. The minimum Gasteiger partial charge on any atom is -0.462 e. The van der Waals surface area contributed by atoms with E-state index in [1.807, 2.05) is 19.1 Å². The summed E-state index contributed by atoms with van der Waals surface area (Å²) in [6.45, 7) is 3.47. The minimum absolute atomic E-state index is 0.0212. The van der Waals surface area contributed by atoms with Crippen LogP contribution in [0.15, 0.2) is 60.8 Å². The smallest absolute Gasteiger partial charge is 0.462 e. The summed E-state index contributed by atoms with van der Waals surface area (Å²) in [5.74, 6) is -0.589. The highest BCUT2D eigenvalue weighted by molar-refractivity contribution is 7.47. The van der Waals surface area contributed by atoms with E-state index in [4.69, 9.17) is 23.8 Å². The van der Waals surface area contributed by atoms with E-state index in [0.29, 0.717) is 12.8 Å². The molecule has 1 unspecified atom stereocenters. The van der Waals surface area contributed by atoms with Gasteiger partial charge in [-0.1, -0.05) is 159 Å². The highest BCUT2D eigenvalue weighted by Crippen LogP contribution is 2.43. The third kappa shape index (κ3) is 40.5. The molecule has 360 valence electrons. The van der Waals surface area contributed by atoms with Crippen molar-refractivity contribution < 1.29 is 76.9 Å². The molecule has 0 aromatic heterocycles. The highest BCUT2D eigenvalue weighted by atomic mass is 31.2. The number of unbranched alkanes of at least 4 members (excludes halogenated alkanes) is 11. The van der Waals surface area contributed by atoms with Gasteiger partial charge in [-0.25, -0.2) is 9.13 Å². The van der Waals surface area contributed by atoms with Crippen LogP contribution < -0.4 is 0 Å². The van der Waals surface area contributed by atoms with Gasteiger partial charge in [-0.2, -0.15) is 0 Å². The third-order valence-corrected chi connectivity index (χ3v) is 10.6. The maximum absolute atomic E-state index is 12.7. The fraction of sp³-hybridized carbons (Fsp3) is 0.727. The van der Waals surface area contributed by atoms with Crippen LogP contribution >= 0.6 is 15.6 Å². The summed E-state index contributed by atoms with van der Waals surface area (Å²) in [6, 6.07) is 0. The molecule has 0 rings (SSSR count). The number of allylic oxidation sites excluding steroid dienone is 7. The SMILES string of the molecule is CC/C=C\C[C@H](O)/C=C/C=C/C=C\C=C/[C@@H](O)[C@H](O)CCCC(=O)O[C@H](COC(=O)CCCCCCCCCCCCCCC(C)C)COP(=O)(O)OC[C@@H](O)COP(=O)(O)O. The predicted octanol–water partition coefficient (Wildman–Crippen LogP) is 8.00. The average Bonchev–Trinajstić information content (AvgIpc) is 3.20. The highest BCUT2D eigenvalue weighted by Gasteiger charge is 2.28. The fourth-order valence-corrected chi connectivity index (χ4v) is 6.85. The van der Waals surface area contributed by atoms with Gasteiger partial charge in [0, 0.05) is 12.8 Å². The van der Waals surface area contributed by atoms with Gasteiger partial charge in [-0.15, -0.1) is 0 Å². The van der Waals surface area contributed by atoms with Crippen molar-refractivity contribution in [1.29, 1.82) is 0 Å². The van der Waals surface area contributed by atoms with Gasteiger partial charge in [0.2, 0.25) is 0 Å². The molecular weight excluding hydrogens is 846 g/mol. The summed E-state index contributed by atoms with van der Waals surface area (Å²) >= 11 is 0. The Bertz CT molecular complexity index is 1390. The molecule has 7 N–H and O–H groups in total. The predicted molar refractivity (Wildman–Crippen MR) is 239 cm³/mol. The Hall–Kier alpha value is -2.30. The van der Waals surface area contributed by atoms with Crippen molar-refractivity contribution in [2.24, 2.45) is 5.92 Å². The molecule has 0 radical (unpaired) electrons. The first-order valence-electron chi connectivity index (χ1n) is 22.2. The lowest BCUT2D eigenvalue weighted by Gasteiger charge is -2.21. The zero-order chi connectivity index (χ0) is 46.5. The number of aliphatic hydroxyl groups is 4. The minimum atomic E-state index is -4.91. The van der Waals surface area contributed by atoms with Gasteiger partial charge >= 0.3 is 27.6 Å². The van der Waals surface area contributed by atoms with Crippen LogP contribution in [-0.2, 0) is 41.8 Å². The summed E-state index contributed by atoms with van der Waals surface area (Å²) < 4.78 is 47.5. The lowest BCUT2D eigenvalue weighted by Crippen LogP contribution is -2.30. The first-order valence-corrected chi connectivity index (χ1v) is 25.2. The number of aliphatic hydroxyl groups excluding tert-OH is 4. The molecule has 0 spiro atoms. The quantitative estimate of drug-likeness (QED) is 0.0101. The zero-order valence-corrected chi connectivity index (χ0v) is 39.0. The number of hydrogen-bond acceptors (Lipinski definition) is 13. The van der Waals surface area contributed by atoms with E-state index >= 15 is 0 Å². The van der Waals surface area contributed by atoms with E-state index in [9.17, 15) is 44.0 Å². The Labute approximate surface area is 370 Å². The van der Waals surface area contributed by atoms with Crippen LogP contribution in [-0.4, -0.2) is 104 Å². The number of rotatable bonds is 40. The number of esters is 2. The number of phosphoric ester groups is 2. The molecule has 0 aliphatic carbocycles. The molecule has 0 aliphatic heterocycles. The van der Waals surface area contributed by atoms with Crippen LogP contribution in [0, 0.1) is 5.92 Å². The van der Waals surface area contributed by atoms with Crippen molar-refractivity contribution >= 4 is 27.6 Å². The second-order valence-electron chi connectivity index (χ2n) is 15.6. The largest absolute Gasteiger partial charge is 0.472 e. The number of ether oxygens (including phenoxy) is 2. The molecule has 0 aliphatic rings. The van der Waals surface area contributed by atoms with Gasteiger partial charge in [0.25, 0.3) is 0 Å². The monoisotopic (exact) mass is 924 g/mol. The van der Waals surface area contributed by atoms with Crippen LogP contribution in [0.4, 0.5) is 0 Å². The van der Waals surface area contributed by atoms with Crippen molar-refractivity contribution in [3.05, 3.63) is 60.8 Å². The molecule has 0 bridgehead atoms. The summed E-state index contributed by atoms with van der Waals surface area (Å²) in [7, 11) is -9.81. The molecule has 62 heavy (non-hydrogen) atoms. The lowest BCUT2D eigenvalue weighted by molar-refractivity contribution is -0.161. The molecule has 6 atom stereocenters. The van der Waals surface area contributed by atoms with Crippen molar-refractivity contribution in [3.8, 4) is 0 Å². The standard InChI is InChI=1S/C44H78O16P2/c1-4-5-20-27-38(45)28-22-17-14-15-18-23-29-41(47)42(48)30-25-32-44(50)60-40(36-59-62(54,55)58-34-39(46)33-57-61(51,52)53)35-56-43(49)31-24-19-13-11-9-7-6-8-10-12-16-21-26-37(2)3/h5,14-15,17-18,20,22-23,28-29,37-42,45-48H,4,6-13,16,19,21,24-27,30-36H2,1-3H3,(H,54,55)(H2,51,52,53)/b17-14+,18-15-,20-5-,28-22+,29-23-/t38-,39-,40+,41+,42+/m0/s1. The number of hydrogen-bond donors (Lipinski definition) is 7. The Kier molecular flexibility index (Phi) is 36.6. The molecule has 0 fully saturated rings. The molecule has 0 amide bonds. The maximum Gasteiger partial charge on any atom is 0.472 e. The van der Waals surface area contributed by atoms with E-state index in [-0.39, 0.29) is 25.7 Å². The molecule has 18 heteroatoms. The van der Waals surface area contributed by atoms with Crippen LogP contribution in [0.5, 0.6) is 0 Å². The fourth-order valence-electron chi connectivity index (χ4n) is 5.70. The van der Waals surface area contributed by atoms with Crippen LogP contribution in [0.3, 0.4) is 0 Å². The summed E-state index contributed by atoms with van der Waals surface area (Å²) in [5, 5.41) is 40.2. The second kappa shape index (κ2) is 38.0. The number of carbonyl (C=O) groups is 2. The lowest BCUT2D eigenvalue weighted by atomic mass is 10.0. The second-order valence-corrected chi connectivity index (χ2v) is 18.3. The Balaban J connectivity index is 4.84. The van der Waals surface area contributed by atoms with Gasteiger partial charge in [0.05, 0.1) is 38.1 Å². The average molecular weight is 925 g/mol. The van der Waals surface area contributed by atoms with Gasteiger partial charge in [-0.3, -0.25) is 23.2 Å². The summed E-state index contributed by atoms with van der Waals surface area (Å²) in [4.78, 5) is 52.8. The first-order chi connectivity index (χ1) is 29.4. The van der Waals surface area contributed by atoms with Crippen LogP contribution in [0.2, 0.25) is 0 Å². The Morgan fingerprint density at radius 1 is 0.581 bits per heavy atom. The van der Waals surface area contributed by atoms with E-state index in [1.165, 1.54) is 57.4 Å². The van der Waals surface area contributed by atoms with Crippen LogP contribution in [0.1, 0.15) is 143 Å². The zero-order valence-electron chi connectivity index (χ0n) is 37.2. The third-order valence-electron chi connectivity index (χ3n) is 9.18. The molecule has 0 saturated carbocycles. The normalized spacial score (nSPS) is 16.2. The first kappa shape index (κ1) is 59.7. The summed E-state index contributed by atoms with van der Waals surface area (Å²) in [6.07, 6.45) is 27.4. The topological polar surface area (TPSA) is 256 Å². The molecule has 0 aromatic rings. The van der Waals surface area contributed by atoms with E-state index in [2.05, 4.69) is 22.9 Å². The van der Waals surface area contributed by atoms with Crippen molar-refractivity contribution in [2.75, 3.05) is 26.4 Å². The molecule has 0 aromatic carbocycles. The van der Waals surface area contributed by atoms with Crippen molar-refractivity contribution in [1.82, 2.24) is 0 Å². The Morgan fingerprint density at radius 3 is 1.68 bits per heavy atom. The van der Waals surface area contributed by atoms with Gasteiger partial charge in [0.1, 0.15) is 12.7 Å². The van der Waals surface area contributed by atoms with E-state index < -0.39 is 84.5 Å². The van der Waals surface area contributed by atoms with Crippen LogP contribution in [0.25, 0.3) is 0 Å². The molecule has 0 saturated heterocycles. The molecule has 16 nitrogen and oxygen atoms in total. The van der Waals surface area contributed by atoms with Crippen molar-refractivity contribution in [3.63, 3.8) is 0 Å².